The van der Waals surface area contributed by atoms with Crippen molar-refractivity contribution in [1.82, 2.24) is 5.32 Å². The van der Waals surface area contributed by atoms with Crippen molar-refractivity contribution in [1.29, 1.82) is 0 Å². The van der Waals surface area contributed by atoms with E-state index in [-0.39, 0.29) is 0 Å². The number of hydrogen-bond acceptors (Lipinski definition) is 2. The van der Waals surface area contributed by atoms with E-state index in [2.05, 4.69) is 42.2 Å². The van der Waals surface area contributed by atoms with Crippen LogP contribution >= 0.6 is 23.4 Å². The van der Waals surface area contributed by atoms with Gasteiger partial charge in [0, 0.05) is 16.3 Å². The van der Waals surface area contributed by atoms with E-state index in [4.69, 9.17) is 11.6 Å². The normalized spacial score (nSPS) is 21.8. The van der Waals surface area contributed by atoms with Crippen LogP contribution in [0.25, 0.3) is 0 Å². The van der Waals surface area contributed by atoms with Crippen LogP contribution in [-0.2, 0) is 0 Å². The minimum Gasteiger partial charge on any atom is -0.309 e. The van der Waals surface area contributed by atoms with E-state index in [0.717, 1.165) is 11.6 Å². The minimum absolute atomic E-state index is 0.453. The lowest BCUT2D eigenvalue weighted by atomic mass is 9.99. The lowest BCUT2D eigenvalue weighted by molar-refractivity contribution is 0.479. The van der Waals surface area contributed by atoms with Gasteiger partial charge in [-0.3, -0.25) is 0 Å². The molecule has 0 aromatic heterocycles. The second-order valence-corrected chi connectivity index (χ2v) is 6.68. The predicted octanol–water partition coefficient (Wildman–Crippen LogP) is 4.67. The maximum atomic E-state index is 6.13. The van der Waals surface area contributed by atoms with Crippen molar-refractivity contribution in [3.63, 3.8) is 0 Å². The van der Waals surface area contributed by atoms with Crippen molar-refractivity contribution in [3.8, 4) is 0 Å². The van der Waals surface area contributed by atoms with Crippen LogP contribution in [-0.4, -0.2) is 17.5 Å². The maximum absolute atomic E-state index is 6.13. The summed E-state index contributed by atoms with van der Waals surface area (Å²) in [4.78, 5) is 0. The summed E-state index contributed by atoms with van der Waals surface area (Å²) in [5.41, 5.74) is 1.34. The van der Waals surface area contributed by atoms with E-state index in [1.807, 2.05) is 6.07 Å². The third-order valence-electron chi connectivity index (χ3n) is 3.41. The van der Waals surface area contributed by atoms with Gasteiger partial charge in [-0.1, -0.05) is 37.1 Å². The van der Waals surface area contributed by atoms with E-state index in [1.54, 1.807) is 0 Å². The zero-order chi connectivity index (χ0) is 12.8. The highest BCUT2D eigenvalue weighted by Gasteiger charge is 2.25. The highest BCUT2D eigenvalue weighted by molar-refractivity contribution is 8.00. The molecular formula is C15H22ClNS. The van der Waals surface area contributed by atoms with Crippen molar-refractivity contribution in [2.24, 2.45) is 0 Å². The first-order chi connectivity index (χ1) is 8.81. The van der Waals surface area contributed by atoms with Gasteiger partial charge in [-0.05, 0) is 49.3 Å². The van der Waals surface area contributed by atoms with Gasteiger partial charge in [0.25, 0.3) is 0 Å². The number of thioether (sulfide) groups is 1. The van der Waals surface area contributed by atoms with E-state index in [0.29, 0.717) is 11.3 Å². The second-order valence-electron chi connectivity index (χ2n) is 4.89. The molecule has 2 unspecified atom stereocenters. The molecule has 0 aliphatic carbocycles. The molecule has 0 saturated carbocycles. The molecule has 1 aliphatic heterocycles. The number of rotatable bonds is 5. The van der Waals surface area contributed by atoms with Gasteiger partial charge in [0.05, 0.1) is 0 Å². The molecule has 1 N–H and O–H groups in total. The number of hydrogen-bond donors (Lipinski definition) is 1. The highest BCUT2D eigenvalue weighted by Crippen LogP contribution is 2.35. The van der Waals surface area contributed by atoms with Crippen LogP contribution in [0, 0.1) is 0 Å². The maximum Gasteiger partial charge on any atom is 0.0441 e. The molecule has 0 radical (unpaired) electrons. The average molecular weight is 284 g/mol. The van der Waals surface area contributed by atoms with Gasteiger partial charge in [-0.2, -0.15) is 11.8 Å². The molecule has 0 spiro atoms. The molecule has 1 aromatic carbocycles. The molecule has 1 nitrogen and oxygen atoms in total. The first-order valence-corrected chi connectivity index (χ1v) is 8.34. The van der Waals surface area contributed by atoms with Crippen LogP contribution in [0.2, 0.25) is 5.02 Å². The Labute approximate surface area is 120 Å². The zero-order valence-corrected chi connectivity index (χ0v) is 12.6. The minimum atomic E-state index is 0.453. The third kappa shape index (κ3) is 3.91. The fourth-order valence-electron chi connectivity index (χ4n) is 2.49. The number of nitrogens with one attached hydrogen (secondary N) is 1. The van der Waals surface area contributed by atoms with Crippen LogP contribution in [0.1, 0.15) is 44.2 Å². The summed E-state index contributed by atoms with van der Waals surface area (Å²) in [7, 11) is 0. The summed E-state index contributed by atoms with van der Waals surface area (Å²) in [6.07, 6.45) is 5.23. The molecular weight excluding hydrogens is 262 g/mol. The number of benzene rings is 1. The van der Waals surface area contributed by atoms with Crippen molar-refractivity contribution >= 4 is 23.4 Å². The Morgan fingerprint density at radius 3 is 3.00 bits per heavy atom. The Balaban J connectivity index is 2.12. The second kappa shape index (κ2) is 7.42. The Hall–Kier alpha value is -0.180. The molecule has 2 atom stereocenters. The smallest absolute Gasteiger partial charge is 0.0441 e. The SMILES string of the molecule is CCCNC(c1cccc(Cl)c1)C1CCCCS1. The highest BCUT2D eigenvalue weighted by atomic mass is 35.5. The summed E-state index contributed by atoms with van der Waals surface area (Å²) < 4.78 is 0. The quantitative estimate of drug-likeness (QED) is 0.843. The topological polar surface area (TPSA) is 12.0 Å². The van der Waals surface area contributed by atoms with Gasteiger partial charge in [0.15, 0.2) is 0 Å². The Morgan fingerprint density at radius 2 is 2.33 bits per heavy atom. The monoisotopic (exact) mass is 283 g/mol. The molecule has 1 fully saturated rings. The van der Waals surface area contributed by atoms with Crippen LogP contribution < -0.4 is 5.32 Å². The summed E-state index contributed by atoms with van der Waals surface area (Å²) in [5, 5.41) is 5.25. The lowest BCUT2D eigenvalue weighted by Crippen LogP contribution is -2.32. The molecule has 18 heavy (non-hydrogen) atoms. The molecule has 2 rings (SSSR count). The van der Waals surface area contributed by atoms with Gasteiger partial charge < -0.3 is 5.32 Å². The summed E-state index contributed by atoms with van der Waals surface area (Å²) >= 11 is 8.24. The first kappa shape index (κ1) is 14.2. The molecule has 3 heteroatoms. The zero-order valence-electron chi connectivity index (χ0n) is 11.0. The van der Waals surface area contributed by atoms with Crippen LogP contribution in [0.5, 0.6) is 0 Å². The van der Waals surface area contributed by atoms with Gasteiger partial charge in [-0.15, -0.1) is 0 Å². The van der Waals surface area contributed by atoms with E-state index >= 15 is 0 Å². The van der Waals surface area contributed by atoms with E-state index < -0.39 is 0 Å². The molecule has 0 bridgehead atoms. The predicted molar refractivity (Wildman–Crippen MR) is 82.6 cm³/mol. The summed E-state index contributed by atoms with van der Waals surface area (Å²) in [6.45, 7) is 3.30. The van der Waals surface area contributed by atoms with Gasteiger partial charge >= 0.3 is 0 Å². The van der Waals surface area contributed by atoms with Crippen molar-refractivity contribution < 1.29 is 0 Å². The summed E-state index contributed by atoms with van der Waals surface area (Å²) in [5.74, 6) is 1.30. The number of halogens is 1. The first-order valence-electron chi connectivity index (χ1n) is 6.91. The van der Waals surface area contributed by atoms with Crippen LogP contribution in [0.4, 0.5) is 0 Å². The third-order valence-corrected chi connectivity index (χ3v) is 5.10. The van der Waals surface area contributed by atoms with Crippen LogP contribution in [0.3, 0.4) is 0 Å². The van der Waals surface area contributed by atoms with Gasteiger partial charge in [0.1, 0.15) is 0 Å². The largest absolute Gasteiger partial charge is 0.309 e. The molecule has 1 aromatic rings. The average Bonchev–Trinajstić information content (AvgIpc) is 2.40. The Bertz CT molecular complexity index is 363. The molecule has 0 amide bonds. The molecule has 1 heterocycles. The molecule has 1 saturated heterocycles. The summed E-state index contributed by atoms with van der Waals surface area (Å²) in [6, 6.07) is 8.79. The van der Waals surface area contributed by atoms with Crippen molar-refractivity contribution in [2.45, 2.75) is 43.9 Å². The standard InChI is InChI=1S/C15H22ClNS/c1-2-9-17-15(14-8-3-4-10-18-14)12-6-5-7-13(16)11-12/h5-7,11,14-15,17H,2-4,8-10H2,1H3. The van der Waals surface area contributed by atoms with Crippen molar-refractivity contribution in [2.75, 3.05) is 12.3 Å². The molecule has 1 aliphatic rings. The Morgan fingerprint density at radius 1 is 1.44 bits per heavy atom. The van der Waals surface area contributed by atoms with E-state index in [1.165, 1.54) is 37.0 Å². The van der Waals surface area contributed by atoms with Crippen molar-refractivity contribution in [3.05, 3.63) is 34.9 Å². The Kier molecular flexibility index (Phi) is 5.87. The van der Waals surface area contributed by atoms with E-state index in [9.17, 15) is 0 Å². The van der Waals surface area contributed by atoms with Gasteiger partial charge in [-0.25, -0.2) is 0 Å². The molecule has 100 valence electrons. The fourth-order valence-corrected chi connectivity index (χ4v) is 4.14. The van der Waals surface area contributed by atoms with Crippen LogP contribution in [0.15, 0.2) is 24.3 Å². The lowest BCUT2D eigenvalue weighted by Gasteiger charge is -2.31. The fraction of sp³-hybridized carbons (Fsp3) is 0.600. The van der Waals surface area contributed by atoms with Gasteiger partial charge in [0.2, 0.25) is 0 Å².